The van der Waals surface area contributed by atoms with Crippen LogP contribution < -0.4 is 5.32 Å². The van der Waals surface area contributed by atoms with E-state index in [0.717, 1.165) is 4.47 Å². The average Bonchev–Trinajstić information content (AvgIpc) is 3.04. The van der Waals surface area contributed by atoms with Crippen LogP contribution in [0.25, 0.3) is 5.69 Å². The Hall–Kier alpha value is -2.54. The van der Waals surface area contributed by atoms with Gasteiger partial charge in [-0.05, 0) is 42.8 Å². The predicted molar refractivity (Wildman–Crippen MR) is 88.1 cm³/mol. The third-order valence-electron chi connectivity index (χ3n) is 3.31. The lowest BCUT2D eigenvalue weighted by atomic mass is 10.1. The summed E-state index contributed by atoms with van der Waals surface area (Å²) in [7, 11) is 0. The molecule has 2 aromatic carbocycles. The van der Waals surface area contributed by atoms with Crippen LogP contribution in [-0.4, -0.2) is 20.7 Å². The smallest absolute Gasteiger partial charge is 0.255 e. The van der Waals surface area contributed by atoms with Gasteiger partial charge in [-0.15, -0.1) is 0 Å². The van der Waals surface area contributed by atoms with Crippen molar-refractivity contribution in [3.63, 3.8) is 0 Å². The zero-order valence-corrected chi connectivity index (χ0v) is 13.7. The number of nitrogens with one attached hydrogen (secondary N) is 1. The fourth-order valence-corrected chi connectivity index (χ4v) is 2.43. The molecule has 23 heavy (non-hydrogen) atoms. The molecule has 3 rings (SSSR count). The lowest BCUT2D eigenvalue weighted by Crippen LogP contribution is -2.14. The first kappa shape index (κ1) is 15.4. The van der Waals surface area contributed by atoms with E-state index in [9.17, 15) is 9.18 Å². The van der Waals surface area contributed by atoms with Crippen LogP contribution in [0.5, 0.6) is 0 Å². The van der Waals surface area contributed by atoms with Crippen LogP contribution in [0.4, 0.5) is 10.1 Å². The van der Waals surface area contributed by atoms with Gasteiger partial charge in [0.1, 0.15) is 18.5 Å². The number of hydrogen-bond acceptors (Lipinski definition) is 3. The number of anilines is 1. The Morgan fingerprint density at radius 2 is 2.09 bits per heavy atom. The Morgan fingerprint density at radius 3 is 2.78 bits per heavy atom. The first-order valence-corrected chi connectivity index (χ1v) is 7.56. The first-order valence-electron chi connectivity index (χ1n) is 6.76. The largest absolute Gasteiger partial charge is 0.320 e. The van der Waals surface area contributed by atoms with Crippen molar-refractivity contribution >= 4 is 27.5 Å². The Morgan fingerprint density at radius 1 is 1.26 bits per heavy atom. The molecule has 0 saturated carbocycles. The van der Waals surface area contributed by atoms with Crippen molar-refractivity contribution in [2.24, 2.45) is 0 Å². The van der Waals surface area contributed by atoms with Crippen LogP contribution in [0.15, 0.2) is 53.5 Å². The van der Waals surface area contributed by atoms with Gasteiger partial charge >= 0.3 is 0 Å². The molecule has 0 radical (unpaired) electrons. The third-order valence-corrected chi connectivity index (χ3v) is 3.80. The average molecular weight is 375 g/mol. The van der Waals surface area contributed by atoms with Crippen LogP contribution in [-0.2, 0) is 0 Å². The van der Waals surface area contributed by atoms with Gasteiger partial charge in [0, 0.05) is 10.0 Å². The maximum atomic E-state index is 13.6. The second-order valence-electron chi connectivity index (χ2n) is 4.92. The number of amides is 1. The molecule has 0 atom stereocenters. The molecule has 1 amide bonds. The Kier molecular flexibility index (Phi) is 4.20. The van der Waals surface area contributed by atoms with Gasteiger partial charge in [-0.2, -0.15) is 5.10 Å². The number of carbonyl (C=O) groups excluding carboxylic acids is 1. The van der Waals surface area contributed by atoms with E-state index in [1.54, 1.807) is 31.2 Å². The molecular weight excluding hydrogens is 363 g/mol. The van der Waals surface area contributed by atoms with E-state index in [-0.39, 0.29) is 5.56 Å². The van der Waals surface area contributed by atoms with Gasteiger partial charge in [-0.3, -0.25) is 4.79 Å². The van der Waals surface area contributed by atoms with Crippen molar-refractivity contribution in [1.82, 2.24) is 14.8 Å². The van der Waals surface area contributed by atoms with Crippen molar-refractivity contribution in [3.05, 3.63) is 70.5 Å². The van der Waals surface area contributed by atoms with Crippen LogP contribution >= 0.6 is 15.9 Å². The molecule has 1 aromatic heterocycles. The van der Waals surface area contributed by atoms with E-state index in [1.165, 1.54) is 23.4 Å². The van der Waals surface area contributed by atoms with Gasteiger partial charge in [0.05, 0.1) is 11.4 Å². The molecular formula is C16H12BrFN4O. The molecule has 3 aromatic rings. The van der Waals surface area contributed by atoms with Crippen molar-refractivity contribution in [3.8, 4) is 5.69 Å². The number of hydrogen-bond donors (Lipinski definition) is 1. The molecule has 7 heteroatoms. The minimum atomic E-state index is -0.414. The van der Waals surface area contributed by atoms with Gasteiger partial charge in [0.2, 0.25) is 0 Å². The molecule has 1 N–H and O–H groups in total. The molecule has 5 nitrogen and oxygen atoms in total. The summed E-state index contributed by atoms with van der Waals surface area (Å²) in [6.07, 6.45) is 2.94. The summed E-state index contributed by atoms with van der Waals surface area (Å²) in [6, 6.07) is 9.75. The summed E-state index contributed by atoms with van der Waals surface area (Å²) in [5.41, 5.74) is 1.94. The topological polar surface area (TPSA) is 59.8 Å². The van der Waals surface area contributed by atoms with Crippen molar-refractivity contribution < 1.29 is 9.18 Å². The monoisotopic (exact) mass is 374 g/mol. The molecule has 0 fully saturated rings. The number of rotatable bonds is 3. The molecule has 0 bridgehead atoms. The minimum Gasteiger partial charge on any atom is -0.320 e. The zero-order valence-electron chi connectivity index (χ0n) is 12.1. The number of aryl methyl sites for hydroxylation is 1. The number of benzene rings is 2. The molecule has 0 saturated heterocycles. The van der Waals surface area contributed by atoms with E-state index in [4.69, 9.17) is 0 Å². The third kappa shape index (κ3) is 3.29. The summed E-state index contributed by atoms with van der Waals surface area (Å²) in [4.78, 5) is 16.3. The van der Waals surface area contributed by atoms with Crippen molar-refractivity contribution in [2.45, 2.75) is 6.92 Å². The lowest BCUT2D eigenvalue weighted by molar-refractivity contribution is 0.102. The highest BCUT2D eigenvalue weighted by Gasteiger charge is 2.13. The summed E-state index contributed by atoms with van der Waals surface area (Å²) in [5, 5.41) is 6.84. The summed E-state index contributed by atoms with van der Waals surface area (Å²) in [5.74, 6) is -0.813. The fraction of sp³-hybridized carbons (Fsp3) is 0.0625. The number of carbonyl (C=O) groups is 1. The van der Waals surface area contributed by atoms with Crippen LogP contribution in [0.3, 0.4) is 0 Å². The quantitative estimate of drug-likeness (QED) is 0.759. The minimum absolute atomic E-state index is 0.248. The Labute approximate surface area is 140 Å². The second kappa shape index (κ2) is 6.29. The maximum Gasteiger partial charge on any atom is 0.255 e. The standard InChI is InChI=1S/C16H12BrFN4O/c1-10-2-3-11(6-13(10)18)16(23)21-14-7-12(17)4-5-15(14)22-9-19-8-20-22/h2-9H,1H3,(H,21,23). The van der Waals surface area contributed by atoms with Gasteiger partial charge < -0.3 is 5.32 Å². The normalized spacial score (nSPS) is 10.6. The van der Waals surface area contributed by atoms with Crippen LogP contribution in [0, 0.1) is 12.7 Å². The molecule has 0 aliphatic heterocycles. The van der Waals surface area contributed by atoms with E-state index >= 15 is 0 Å². The highest BCUT2D eigenvalue weighted by atomic mass is 79.9. The molecule has 0 aliphatic rings. The first-order chi connectivity index (χ1) is 11.0. The number of aromatic nitrogens is 3. The van der Waals surface area contributed by atoms with E-state index in [1.807, 2.05) is 6.07 Å². The molecule has 0 spiro atoms. The second-order valence-corrected chi connectivity index (χ2v) is 5.84. The number of nitrogens with zero attached hydrogens (tertiary/aromatic N) is 3. The SMILES string of the molecule is Cc1ccc(C(=O)Nc2cc(Br)ccc2-n2cncn2)cc1F. The van der Waals surface area contributed by atoms with Gasteiger partial charge in [-0.25, -0.2) is 14.1 Å². The molecule has 0 aliphatic carbocycles. The maximum absolute atomic E-state index is 13.6. The van der Waals surface area contributed by atoms with Gasteiger partial charge in [0.25, 0.3) is 5.91 Å². The van der Waals surface area contributed by atoms with Crippen LogP contribution in [0.1, 0.15) is 15.9 Å². The molecule has 116 valence electrons. The summed E-state index contributed by atoms with van der Waals surface area (Å²) in [6.45, 7) is 1.65. The highest BCUT2D eigenvalue weighted by Crippen LogP contribution is 2.25. The Balaban J connectivity index is 1.94. The van der Waals surface area contributed by atoms with E-state index < -0.39 is 11.7 Å². The molecule has 1 heterocycles. The van der Waals surface area contributed by atoms with Gasteiger partial charge in [0.15, 0.2) is 0 Å². The van der Waals surface area contributed by atoms with E-state index in [2.05, 4.69) is 31.3 Å². The predicted octanol–water partition coefficient (Wildman–Crippen LogP) is 3.73. The zero-order chi connectivity index (χ0) is 16.4. The lowest BCUT2D eigenvalue weighted by Gasteiger charge is -2.12. The fourth-order valence-electron chi connectivity index (χ4n) is 2.07. The van der Waals surface area contributed by atoms with Crippen LogP contribution in [0.2, 0.25) is 0 Å². The van der Waals surface area contributed by atoms with Crippen molar-refractivity contribution in [2.75, 3.05) is 5.32 Å². The van der Waals surface area contributed by atoms with E-state index in [0.29, 0.717) is 16.9 Å². The Bertz CT molecular complexity index is 865. The summed E-state index contributed by atoms with van der Waals surface area (Å²) >= 11 is 3.37. The van der Waals surface area contributed by atoms with Gasteiger partial charge in [-0.1, -0.05) is 22.0 Å². The summed E-state index contributed by atoms with van der Waals surface area (Å²) < 4.78 is 16.0. The highest BCUT2D eigenvalue weighted by molar-refractivity contribution is 9.10. The van der Waals surface area contributed by atoms with Crippen molar-refractivity contribution in [1.29, 1.82) is 0 Å². The number of halogens is 2. The molecule has 0 unspecified atom stereocenters.